The summed E-state index contributed by atoms with van der Waals surface area (Å²) in [4.78, 5) is 14.0. The van der Waals surface area contributed by atoms with Crippen LogP contribution in [0.15, 0.2) is 24.3 Å². The van der Waals surface area contributed by atoms with E-state index in [4.69, 9.17) is 9.53 Å². The molecule has 0 radical (unpaired) electrons. The number of hydrogen-bond donors (Lipinski definition) is 2. The fourth-order valence-corrected chi connectivity index (χ4v) is 6.91. The Morgan fingerprint density at radius 2 is 1.86 bits per heavy atom. The Labute approximate surface area is 132 Å². The summed E-state index contributed by atoms with van der Waals surface area (Å²) in [6.45, 7) is 11.2. The molecule has 0 atom stereocenters. The average molecular weight is 319 g/mol. The molecule has 2 N–H and O–H groups in total. The van der Waals surface area contributed by atoms with E-state index in [9.17, 15) is 4.79 Å². The first-order valence-electron chi connectivity index (χ1n) is 7.77. The van der Waals surface area contributed by atoms with Gasteiger partial charge in [0, 0.05) is 17.0 Å². The minimum Gasteiger partial charge on any atom is -0.543 e. The first-order chi connectivity index (χ1) is 10.2. The van der Waals surface area contributed by atoms with Gasteiger partial charge in [-0.25, -0.2) is 4.79 Å². The summed E-state index contributed by atoms with van der Waals surface area (Å²) in [6, 6.07) is 9.53. The monoisotopic (exact) mass is 319 g/mol. The number of hydrogen-bond acceptors (Lipinski definition) is 2. The van der Waals surface area contributed by atoms with Crippen LogP contribution in [0.5, 0.6) is 5.75 Å². The third-order valence-electron chi connectivity index (χ3n) is 4.65. The highest BCUT2D eigenvalue weighted by molar-refractivity contribution is 6.77. The number of fused-ring (bicyclic) bond motifs is 1. The summed E-state index contributed by atoms with van der Waals surface area (Å²) in [7, 11) is -1.92. The second-order valence-corrected chi connectivity index (χ2v) is 11.9. The maximum absolute atomic E-state index is 11.1. The number of aromatic nitrogens is 1. The van der Waals surface area contributed by atoms with Gasteiger partial charge in [0.25, 0.3) is 8.32 Å². The molecule has 1 aromatic heterocycles. The third-order valence-corrected chi connectivity index (χ3v) is 10.3. The molecule has 0 saturated carbocycles. The normalized spacial score (nSPS) is 12.6. The molecular formula is C17H25NO3Si. The molecule has 0 saturated heterocycles. The molecule has 0 unspecified atom stereocenters. The van der Waals surface area contributed by atoms with Gasteiger partial charge < -0.3 is 14.5 Å². The molecule has 1 aromatic carbocycles. The van der Waals surface area contributed by atoms with Crippen LogP contribution in [0.2, 0.25) is 17.1 Å². The first kappa shape index (κ1) is 16.6. The quantitative estimate of drug-likeness (QED) is 0.760. The maximum Gasteiger partial charge on any atom is 0.352 e. The zero-order valence-electron chi connectivity index (χ0n) is 14.0. The number of carboxylic acids is 1. The van der Waals surface area contributed by atoms with Gasteiger partial charge >= 0.3 is 5.97 Å². The highest BCUT2D eigenvalue weighted by atomic mass is 28.4. The Hall–Kier alpha value is -1.75. The van der Waals surface area contributed by atoms with Gasteiger partial charge in [-0.2, -0.15) is 0 Å². The van der Waals surface area contributed by atoms with Crippen LogP contribution in [-0.2, 0) is 0 Å². The lowest BCUT2D eigenvalue weighted by atomic mass is 10.2. The van der Waals surface area contributed by atoms with E-state index in [1.807, 2.05) is 18.2 Å². The van der Waals surface area contributed by atoms with Gasteiger partial charge in [0.15, 0.2) is 0 Å². The summed E-state index contributed by atoms with van der Waals surface area (Å²) in [6.07, 6.45) is 0. The maximum atomic E-state index is 11.1. The largest absolute Gasteiger partial charge is 0.543 e. The van der Waals surface area contributed by atoms with Crippen LogP contribution in [0, 0.1) is 0 Å². The fraction of sp³-hybridized carbons (Fsp3) is 0.471. The summed E-state index contributed by atoms with van der Waals surface area (Å²) in [5.41, 5.74) is 1.01. The number of carboxylic acid groups (broad SMARTS) is 1. The predicted octanol–water partition coefficient (Wildman–Crippen LogP) is 5.03. The molecule has 0 spiro atoms. The lowest BCUT2D eigenvalue weighted by Gasteiger charge is -2.41. The molecule has 4 nitrogen and oxygen atoms in total. The molecule has 22 heavy (non-hydrogen) atoms. The predicted molar refractivity (Wildman–Crippen MR) is 92.3 cm³/mol. The molecule has 120 valence electrons. The number of aromatic carboxylic acids is 1. The second kappa shape index (κ2) is 5.80. The van der Waals surface area contributed by atoms with Crippen molar-refractivity contribution in [1.29, 1.82) is 0 Å². The standard InChI is InChI=1S/C17H25NO3Si/c1-6-22(7-2,17(3,4)5)21-13-9-8-12-10-15(16(19)20)18-14(12)11-13/h8-11,18H,6-7H2,1-5H3,(H,19,20). The number of benzene rings is 1. The van der Waals surface area contributed by atoms with Gasteiger partial charge in [0.2, 0.25) is 0 Å². The van der Waals surface area contributed by atoms with E-state index in [1.54, 1.807) is 6.07 Å². The summed E-state index contributed by atoms with van der Waals surface area (Å²) >= 11 is 0. The van der Waals surface area contributed by atoms with Gasteiger partial charge in [-0.3, -0.25) is 0 Å². The van der Waals surface area contributed by atoms with Gasteiger partial charge in [-0.05, 0) is 35.3 Å². The van der Waals surface area contributed by atoms with Crippen molar-refractivity contribution in [3.05, 3.63) is 30.0 Å². The van der Waals surface area contributed by atoms with Crippen molar-refractivity contribution in [1.82, 2.24) is 4.98 Å². The van der Waals surface area contributed by atoms with Gasteiger partial charge in [0.1, 0.15) is 11.4 Å². The molecule has 5 heteroatoms. The molecule has 0 aliphatic heterocycles. The van der Waals surface area contributed by atoms with Crippen molar-refractivity contribution in [2.45, 2.75) is 51.7 Å². The van der Waals surface area contributed by atoms with Crippen molar-refractivity contribution < 1.29 is 14.3 Å². The molecule has 0 bridgehead atoms. The second-order valence-electron chi connectivity index (χ2n) is 6.79. The third kappa shape index (κ3) is 2.90. The Morgan fingerprint density at radius 3 is 2.36 bits per heavy atom. The molecule has 2 rings (SSSR count). The Bertz CT molecular complexity index is 681. The average Bonchev–Trinajstić information content (AvgIpc) is 2.86. The molecule has 0 aliphatic carbocycles. The molecule has 0 fully saturated rings. The molecule has 0 amide bonds. The fourth-order valence-electron chi connectivity index (χ4n) is 3.12. The molecular weight excluding hydrogens is 294 g/mol. The van der Waals surface area contributed by atoms with Crippen LogP contribution < -0.4 is 4.43 Å². The van der Waals surface area contributed by atoms with E-state index in [1.165, 1.54) is 0 Å². The van der Waals surface area contributed by atoms with Crippen LogP contribution in [0.1, 0.15) is 45.1 Å². The van der Waals surface area contributed by atoms with Crippen molar-refractivity contribution >= 4 is 25.2 Å². The highest BCUT2D eigenvalue weighted by Gasteiger charge is 2.45. The van der Waals surface area contributed by atoms with Gasteiger partial charge in [-0.1, -0.05) is 34.6 Å². The minimum absolute atomic E-state index is 0.146. The lowest BCUT2D eigenvalue weighted by Crippen LogP contribution is -2.48. The van der Waals surface area contributed by atoms with Crippen LogP contribution in [0.4, 0.5) is 0 Å². The van der Waals surface area contributed by atoms with Crippen LogP contribution in [0.25, 0.3) is 10.9 Å². The van der Waals surface area contributed by atoms with E-state index < -0.39 is 14.3 Å². The van der Waals surface area contributed by atoms with Crippen LogP contribution >= 0.6 is 0 Å². The SMILES string of the molecule is CC[Si](CC)(Oc1ccc2cc(C(=O)O)[nH]c2c1)C(C)(C)C. The van der Waals surface area contributed by atoms with Crippen LogP contribution in [0.3, 0.4) is 0 Å². The summed E-state index contributed by atoms with van der Waals surface area (Å²) in [5.74, 6) is -0.115. The minimum atomic E-state index is -1.92. The van der Waals surface area contributed by atoms with Crippen molar-refractivity contribution in [2.24, 2.45) is 0 Å². The number of carbonyl (C=O) groups is 1. The number of rotatable bonds is 5. The molecule has 0 aliphatic rings. The van der Waals surface area contributed by atoms with E-state index >= 15 is 0 Å². The Morgan fingerprint density at radius 1 is 1.23 bits per heavy atom. The van der Waals surface area contributed by atoms with Crippen molar-refractivity contribution in [3.8, 4) is 5.75 Å². The number of H-pyrrole nitrogens is 1. The summed E-state index contributed by atoms with van der Waals surface area (Å²) in [5, 5.41) is 10.1. The van der Waals surface area contributed by atoms with E-state index in [0.717, 1.165) is 28.7 Å². The van der Waals surface area contributed by atoms with E-state index in [2.05, 4.69) is 39.6 Å². The van der Waals surface area contributed by atoms with Crippen LogP contribution in [-0.4, -0.2) is 24.4 Å². The molecule has 1 heterocycles. The zero-order valence-corrected chi connectivity index (χ0v) is 15.0. The van der Waals surface area contributed by atoms with E-state index in [0.29, 0.717) is 0 Å². The first-order valence-corrected chi connectivity index (χ1v) is 10.1. The zero-order chi connectivity index (χ0) is 16.5. The lowest BCUT2D eigenvalue weighted by molar-refractivity contribution is 0.0691. The Kier molecular flexibility index (Phi) is 4.38. The van der Waals surface area contributed by atoms with Crippen molar-refractivity contribution in [2.75, 3.05) is 0 Å². The van der Waals surface area contributed by atoms with Crippen molar-refractivity contribution in [3.63, 3.8) is 0 Å². The van der Waals surface area contributed by atoms with Gasteiger partial charge in [-0.15, -0.1) is 0 Å². The highest BCUT2D eigenvalue weighted by Crippen LogP contribution is 2.42. The van der Waals surface area contributed by atoms with Gasteiger partial charge in [0.05, 0.1) is 0 Å². The number of aromatic amines is 1. The van der Waals surface area contributed by atoms with E-state index in [-0.39, 0.29) is 10.7 Å². The molecule has 2 aromatic rings. The topological polar surface area (TPSA) is 62.3 Å². The Balaban J connectivity index is 2.40. The number of nitrogens with one attached hydrogen (secondary N) is 1. The smallest absolute Gasteiger partial charge is 0.352 e. The summed E-state index contributed by atoms with van der Waals surface area (Å²) < 4.78 is 6.51.